The zero-order valence-corrected chi connectivity index (χ0v) is 45.8. The van der Waals surface area contributed by atoms with Gasteiger partial charge in [-0.1, -0.05) is 0 Å². The van der Waals surface area contributed by atoms with Crippen molar-refractivity contribution in [2.45, 2.75) is 5.67 Å². The molecule has 3 atom stereocenters. The van der Waals surface area contributed by atoms with E-state index in [2.05, 4.69) is 32.9 Å². The maximum atomic E-state index is 16.6. The van der Waals surface area contributed by atoms with E-state index in [1.54, 1.807) is 21.0 Å². The molecule has 0 bridgehead atoms. The van der Waals surface area contributed by atoms with Crippen LogP contribution >= 0.6 is 0 Å². The van der Waals surface area contributed by atoms with Gasteiger partial charge in [-0.25, -0.2) is 79.0 Å². The van der Waals surface area contributed by atoms with Crippen molar-refractivity contribution in [2.75, 3.05) is 0 Å². The van der Waals surface area contributed by atoms with Crippen LogP contribution in [0.15, 0.2) is 92.2 Å². The lowest BCUT2D eigenvalue weighted by Gasteiger charge is -2.46. The van der Waals surface area contributed by atoms with Gasteiger partial charge >= 0.3 is 100 Å². The summed E-state index contributed by atoms with van der Waals surface area (Å²) in [4.78, 5) is 0. The monoisotopic (exact) mass is 1400 g/mol. The third-order valence-corrected chi connectivity index (χ3v) is 35.7. The minimum Gasteiger partial charge on any atom is -0.433 e. The summed E-state index contributed by atoms with van der Waals surface area (Å²) in [5.74, 6) is -38.7. The normalized spacial score (nSPS) is 14.3. The second-order valence-corrected chi connectivity index (χ2v) is 33.9. The van der Waals surface area contributed by atoms with Gasteiger partial charge in [0.2, 0.25) is 64.5 Å². The molecule has 0 spiro atoms. The second-order valence-electron chi connectivity index (χ2n) is 13.5. The van der Waals surface area contributed by atoms with Crippen molar-refractivity contribution >= 4 is 104 Å². The van der Waals surface area contributed by atoms with Gasteiger partial charge in [-0.05, 0) is 0 Å². The molecule has 444 valence electrons. The molecule has 8 nitrogen and oxygen atoms in total. The molecule has 0 saturated heterocycles. The van der Waals surface area contributed by atoms with Gasteiger partial charge in [0.15, 0.2) is 79.2 Å². The molecular weight excluding hydrogens is 1400 g/mol. The molecule has 0 aromatic heterocycles. The number of rotatable bonds is 24. The van der Waals surface area contributed by atoms with E-state index in [0.717, 1.165) is 10.5 Å². The third kappa shape index (κ3) is 13.1. The topological polar surface area (TPSA) is 73.8 Å². The number of halogens is 34. The molecule has 0 fully saturated rings. The van der Waals surface area contributed by atoms with Crippen molar-refractivity contribution in [1.29, 1.82) is 0 Å². The minimum absolute atomic E-state index is 1.06. The Morgan fingerprint density at radius 2 is 0.531 bits per heavy atom. The minimum atomic E-state index is -10.6. The highest BCUT2D eigenvalue weighted by atomic mass is 28.5. The van der Waals surface area contributed by atoms with E-state index in [0.29, 0.717) is 0 Å². The van der Waals surface area contributed by atoms with E-state index in [1.807, 2.05) is 0 Å². The number of hydrogen-bond acceptors (Lipinski definition) is 8. The summed E-state index contributed by atoms with van der Waals surface area (Å²) in [6.07, 6.45) is -39.3. The fraction of sp³-hybridized carbons (Fsp3) is 0.0345. The molecule has 0 heterocycles. The van der Waals surface area contributed by atoms with Gasteiger partial charge in [-0.3, -0.25) is 0 Å². The molecule has 2 aromatic rings. The van der Waals surface area contributed by atoms with Gasteiger partial charge in [0.05, 0.1) is 10.4 Å². The van der Waals surface area contributed by atoms with E-state index >= 15 is 61.5 Å². The first-order chi connectivity index (χ1) is 37.0. The van der Waals surface area contributed by atoms with E-state index < -0.39 is 218 Å². The Balaban J connectivity index is 4.27. The van der Waals surface area contributed by atoms with Crippen LogP contribution in [0.5, 0.6) is 0 Å². The zero-order chi connectivity index (χ0) is 63.5. The lowest BCUT2D eigenvalue weighted by molar-refractivity contribution is 0.168. The maximum absolute atomic E-state index is 16.6. The maximum Gasteiger partial charge on any atom is 0.545 e. The Labute approximate surface area is 441 Å². The Bertz CT molecular complexity index is 2880. The summed E-state index contributed by atoms with van der Waals surface area (Å²) in [5.41, 5.74) is -42.8. The third-order valence-electron chi connectivity index (χ3n) is 9.13. The van der Waals surface area contributed by atoms with E-state index in [-0.39, 0.29) is 0 Å². The molecule has 52 heteroatoms. The molecule has 0 saturated carbocycles. The predicted molar refractivity (Wildman–Crippen MR) is 206 cm³/mol. The van der Waals surface area contributed by atoms with Crippen LogP contribution < -0.4 is 10.4 Å². The first-order valence-electron chi connectivity index (χ1n) is 17.9. The summed E-state index contributed by atoms with van der Waals surface area (Å²) in [5, 5.41) is -7.63. The summed E-state index contributed by atoms with van der Waals surface area (Å²) < 4.78 is 543. The Morgan fingerprint density at radius 3 is 0.778 bits per heavy atom. The van der Waals surface area contributed by atoms with Crippen LogP contribution in [0.2, 0.25) is 5.67 Å². The van der Waals surface area contributed by atoms with Crippen molar-refractivity contribution in [3.63, 3.8) is 0 Å². The van der Waals surface area contributed by atoms with Gasteiger partial charge < -0.3 is 32.9 Å². The quantitative estimate of drug-likeness (QED) is 0.0446. The first-order valence-corrected chi connectivity index (χ1v) is 30.8. The van der Waals surface area contributed by atoms with Crippen LogP contribution in [0.25, 0.3) is 0 Å². The summed E-state index contributed by atoms with van der Waals surface area (Å²) in [6.45, 7) is 0. The lowest BCUT2D eigenvalue weighted by Crippen LogP contribution is -2.76. The Kier molecular flexibility index (Phi) is 24.5. The molecule has 0 amide bonds. The fourth-order valence-electron chi connectivity index (χ4n) is 5.78. The number of benzene rings is 2. The molecule has 0 aliphatic heterocycles. The highest BCUT2D eigenvalue weighted by molar-refractivity contribution is 7.06. The molecule has 0 aliphatic carbocycles. The second kappa shape index (κ2) is 27.2. The average Bonchev–Trinajstić information content (AvgIpc) is 3.40. The van der Waals surface area contributed by atoms with Crippen LogP contribution in [-0.4, -0.2) is 93.3 Å². The van der Waals surface area contributed by atoms with Gasteiger partial charge in [0, 0.05) is 5.67 Å². The standard InChI is InChI=1S/C29H2F34O8Si10/c30-2-4(32)8(36)12(9(37)5(2)33)76(64-72,65-73)1-77(66-74,22(56)14(40)41)68-80(13-10(38)6(34)3(31)7(35)11(13)39,69-78(23(57)15(42)43,24(58)16(44)45)25(59)17(46)47)71-81(67-75,29(63)21(54)55)70-79(26(60)18(48)49,27(61)19(50)51)28(62)20(52)53/h1H2. The van der Waals surface area contributed by atoms with Crippen molar-refractivity contribution in [1.82, 2.24) is 0 Å². The van der Waals surface area contributed by atoms with Crippen molar-refractivity contribution in [3.05, 3.63) is 150 Å². The Hall–Kier alpha value is -4.17. The van der Waals surface area contributed by atoms with Gasteiger partial charge in [-0.15, -0.1) is 0 Å². The molecule has 12 radical (unpaired) electrons. The van der Waals surface area contributed by atoms with Gasteiger partial charge in [0.1, 0.15) is 0 Å². The smallest absolute Gasteiger partial charge is 0.433 e. The van der Waals surface area contributed by atoms with E-state index in [4.69, 9.17) is 0 Å². The molecular formula is C29H2F34O8Si10. The van der Waals surface area contributed by atoms with E-state index in [9.17, 15) is 87.8 Å². The lowest BCUT2D eigenvalue weighted by atomic mass is 10.3. The molecule has 0 aliphatic rings. The van der Waals surface area contributed by atoms with Crippen LogP contribution in [0, 0.1) is 58.2 Å². The van der Waals surface area contributed by atoms with Gasteiger partial charge in [0.25, 0.3) is 0 Å². The molecule has 2 rings (SSSR count). The highest BCUT2D eigenvalue weighted by Crippen LogP contribution is 2.50. The van der Waals surface area contributed by atoms with Crippen LogP contribution in [0.1, 0.15) is 0 Å². The molecule has 2 aromatic carbocycles. The van der Waals surface area contributed by atoms with Crippen LogP contribution in [0.4, 0.5) is 149 Å². The average molecular weight is 1410 g/mol. The van der Waals surface area contributed by atoms with Gasteiger partial charge in [-0.2, -0.15) is 70.2 Å². The predicted octanol–water partition coefficient (Wildman–Crippen LogP) is 11.8. The largest absolute Gasteiger partial charge is 0.545 e. The van der Waals surface area contributed by atoms with Crippen molar-refractivity contribution in [2.24, 2.45) is 0 Å². The van der Waals surface area contributed by atoms with Crippen molar-refractivity contribution in [3.8, 4) is 0 Å². The SMILES string of the molecule is FC(F)=C(F)[Si](C[Si](O[Si])(O[Si])c1c(F)c(F)c(F)c(F)c1F)(O[Si])O[Si](O[Si](O[Si])(O[Si](C(F)=C(F)F)(C(F)=C(F)F)C(F)=C(F)F)C(F)=C(F)F)(O[Si](C(F)=C(F)F)(C(F)=C(F)F)C(F)=C(F)F)c1c(F)c(F)c(F)c(F)c1F. The summed E-state index contributed by atoms with van der Waals surface area (Å²) in [7, 11) is -50.7. The van der Waals surface area contributed by atoms with Crippen molar-refractivity contribution < 1.29 is 182 Å². The number of hydrogen-bond donors (Lipinski definition) is 0. The molecule has 3 unspecified atom stereocenters. The fourth-order valence-corrected chi connectivity index (χ4v) is 34.9. The highest BCUT2D eigenvalue weighted by Gasteiger charge is 2.76. The Morgan fingerprint density at radius 1 is 0.272 bits per heavy atom. The summed E-state index contributed by atoms with van der Waals surface area (Å²) >= 11 is 0. The molecule has 0 N–H and O–H groups in total. The summed E-state index contributed by atoms with van der Waals surface area (Å²) in [6, 6.07) is 0. The van der Waals surface area contributed by atoms with Crippen LogP contribution in [-0.2, 0) is 32.9 Å². The first kappa shape index (κ1) is 72.9. The zero-order valence-electron chi connectivity index (χ0n) is 35.8. The van der Waals surface area contributed by atoms with E-state index in [1.165, 1.54) is 10.5 Å². The molecule has 81 heavy (non-hydrogen) atoms. The van der Waals surface area contributed by atoms with Crippen LogP contribution in [0.3, 0.4) is 0 Å².